The lowest BCUT2D eigenvalue weighted by Crippen LogP contribution is -2.32. The van der Waals surface area contributed by atoms with Gasteiger partial charge in [0.15, 0.2) is 0 Å². The molecule has 1 aromatic heterocycles. The summed E-state index contributed by atoms with van der Waals surface area (Å²) in [5.41, 5.74) is 7.11. The number of aromatic nitrogens is 2. The van der Waals surface area contributed by atoms with Crippen molar-refractivity contribution in [1.82, 2.24) is 9.78 Å². The van der Waals surface area contributed by atoms with Gasteiger partial charge in [0.05, 0.1) is 11.7 Å². The van der Waals surface area contributed by atoms with Crippen LogP contribution in [0.5, 0.6) is 0 Å². The zero-order valence-electron chi connectivity index (χ0n) is 15.5. The quantitative estimate of drug-likeness (QED) is 0.877. The summed E-state index contributed by atoms with van der Waals surface area (Å²) >= 11 is 0. The second kappa shape index (κ2) is 6.77. The molecule has 1 saturated carbocycles. The van der Waals surface area contributed by atoms with Gasteiger partial charge in [0.25, 0.3) is 5.91 Å². The van der Waals surface area contributed by atoms with Gasteiger partial charge in [-0.3, -0.25) is 4.79 Å². The highest BCUT2D eigenvalue weighted by Crippen LogP contribution is 2.43. The molecule has 3 rings (SSSR count). The molecule has 0 saturated heterocycles. The van der Waals surface area contributed by atoms with Crippen molar-refractivity contribution in [3.05, 3.63) is 11.3 Å². The normalized spacial score (nSPS) is 27.2. The van der Waals surface area contributed by atoms with E-state index in [1.54, 1.807) is 0 Å². The van der Waals surface area contributed by atoms with Crippen molar-refractivity contribution in [2.45, 2.75) is 71.8 Å². The Morgan fingerprint density at radius 1 is 1.17 bits per heavy atom. The molecule has 1 fully saturated rings. The minimum atomic E-state index is -0.364. The molecular formula is C19H32N4O. The molecule has 1 unspecified atom stereocenters. The van der Waals surface area contributed by atoms with Crippen LogP contribution in [0.25, 0.3) is 0 Å². The highest BCUT2D eigenvalue weighted by molar-refractivity contribution is 5.99. The Hall–Kier alpha value is -1.52. The average molecular weight is 332 g/mol. The van der Waals surface area contributed by atoms with Gasteiger partial charge in [-0.25, -0.2) is 4.68 Å². The van der Waals surface area contributed by atoms with Crippen LogP contribution in [-0.2, 0) is 0 Å². The summed E-state index contributed by atoms with van der Waals surface area (Å²) in [4.78, 5) is 12.0. The lowest BCUT2D eigenvalue weighted by atomic mass is 9.74. The number of hydrogen-bond acceptors (Lipinski definition) is 3. The maximum absolute atomic E-state index is 12.0. The van der Waals surface area contributed by atoms with E-state index in [1.165, 1.54) is 25.7 Å². The number of primary amides is 1. The number of amides is 1. The summed E-state index contributed by atoms with van der Waals surface area (Å²) in [5.74, 6) is 3.01. The maximum atomic E-state index is 12.0. The van der Waals surface area contributed by atoms with Crippen LogP contribution in [0.3, 0.4) is 0 Å². The van der Waals surface area contributed by atoms with Crippen molar-refractivity contribution in [1.29, 1.82) is 0 Å². The van der Waals surface area contributed by atoms with E-state index in [0.717, 1.165) is 36.3 Å². The van der Waals surface area contributed by atoms with Crippen molar-refractivity contribution in [3.63, 3.8) is 0 Å². The van der Waals surface area contributed by atoms with Gasteiger partial charge < -0.3 is 11.1 Å². The summed E-state index contributed by atoms with van der Waals surface area (Å²) in [6, 6.07) is 0.403. The van der Waals surface area contributed by atoms with Gasteiger partial charge in [0.2, 0.25) is 0 Å². The van der Waals surface area contributed by atoms with Crippen LogP contribution in [0.4, 0.5) is 5.82 Å². The number of rotatable bonds is 4. The van der Waals surface area contributed by atoms with Crippen molar-refractivity contribution in [2.24, 2.45) is 23.5 Å². The zero-order valence-corrected chi connectivity index (χ0v) is 15.5. The minimum absolute atomic E-state index is 0.199. The molecule has 0 aromatic carbocycles. The van der Waals surface area contributed by atoms with E-state index in [0.29, 0.717) is 17.5 Å². The first kappa shape index (κ1) is 17.3. The standard InChI is InChI=1S/C19H32N4O/c1-11(2)13-5-7-14(8-6-13)15-9-10-21-19-16(18(20)24)17(12(3)4)22-23(15)19/h11-15,21H,5-10H2,1-4H3,(H2,20,24). The highest BCUT2D eigenvalue weighted by Gasteiger charge is 2.35. The molecular weight excluding hydrogens is 300 g/mol. The topological polar surface area (TPSA) is 72.9 Å². The largest absolute Gasteiger partial charge is 0.370 e. The van der Waals surface area contributed by atoms with Gasteiger partial charge in [-0.05, 0) is 55.8 Å². The van der Waals surface area contributed by atoms with Gasteiger partial charge in [0, 0.05) is 6.54 Å². The molecule has 1 aliphatic carbocycles. The van der Waals surface area contributed by atoms with Crippen molar-refractivity contribution < 1.29 is 4.79 Å². The van der Waals surface area contributed by atoms with Crippen LogP contribution in [0, 0.1) is 17.8 Å². The fourth-order valence-corrected chi connectivity index (χ4v) is 4.60. The Balaban J connectivity index is 1.87. The highest BCUT2D eigenvalue weighted by atomic mass is 16.1. The number of hydrogen-bond donors (Lipinski definition) is 2. The van der Waals surface area contributed by atoms with Crippen LogP contribution in [-0.4, -0.2) is 22.2 Å². The number of nitrogens with two attached hydrogens (primary N) is 1. The molecule has 5 heteroatoms. The molecule has 2 heterocycles. The molecule has 5 nitrogen and oxygen atoms in total. The number of carbonyl (C=O) groups is 1. The Labute approximate surface area is 145 Å². The Morgan fingerprint density at radius 2 is 1.83 bits per heavy atom. The van der Waals surface area contributed by atoms with E-state index >= 15 is 0 Å². The lowest BCUT2D eigenvalue weighted by Gasteiger charge is -2.38. The van der Waals surface area contributed by atoms with Crippen LogP contribution >= 0.6 is 0 Å². The first-order chi connectivity index (χ1) is 11.4. The molecule has 1 atom stereocenters. The fraction of sp³-hybridized carbons (Fsp3) is 0.789. The molecule has 2 aliphatic rings. The summed E-state index contributed by atoms with van der Waals surface area (Å²) in [6.07, 6.45) is 6.28. The first-order valence-corrected chi connectivity index (χ1v) is 9.56. The maximum Gasteiger partial charge on any atom is 0.254 e. The number of anilines is 1. The van der Waals surface area contributed by atoms with E-state index in [2.05, 4.69) is 37.7 Å². The molecule has 1 amide bonds. The van der Waals surface area contributed by atoms with E-state index in [-0.39, 0.29) is 11.8 Å². The summed E-state index contributed by atoms with van der Waals surface area (Å²) in [7, 11) is 0. The first-order valence-electron chi connectivity index (χ1n) is 9.56. The molecule has 0 spiro atoms. The number of nitrogens with one attached hydrogen (secondary N) is 1. The monoisotopic (exact) mass is 332 g/mol. The van der Waals surface area contributed by atoms with E-state index in [1.807, 2.05) is 0 Å². The summed E-state index contributed by atoms with van der Waals surface area (Å²) in [6.45, 7) is 9.73. The second-order valence-electron chi connectivity index (χ2n) is 8.27. The Morgan fingerprint density at radius 3 is 2.38 bits per heavy atom. The lowest BCUT2D eigenvalue weighted by molar-refractivity contribution is 0.0999. The van der Waals surface area contributed by atoms with Gasteiger partial charge in [-0.15, -0.1) is 0 Å². The Kier molecular flexibility index (Phi) is 4.88. The van der Waals surface area contributed by atoms with Crippen molar-refractivity contribution in [2.75, 3.05) is 11.9 Å². The van der Waals surface area contributed by atoms with Gasteiger partial charge in [0.1, 0.15) is 11.4 Å². The molecule has 0 bridgehead atoms. The third-order valence-electron chi connectivity index (χ3n) is 6.08. The van der Waals surface area contributed by atoms with E-state index < -0.39 is 0 Å². The third-order valence-corrected chi connectivity index (χ3v) is 6.08. The molecule has 3 N–H and O–H groups in total. The third kappa shape index (κ3) is 3.05. The zero-order chi connectivity index (χ0) is 17.4. The number of nitrogens with zero attached hydrogens (tertiary/aromatic N) is 2. The minimum Gasteiger partial charge on any atom is -0.370 e. The van der Waals surface area contributed by atoms with Gasteiger partial charge in [-0.1, -0.05) is 27.7 Å². The molecule has 1 aliphatic heterocycles. The van der Waals surface area contributed by atoms with E-state index in [4.69, 9.17) is 10.8 Å². The number of fused-ring (bicyclic) bond motifs is 1. The van der Waals surface area contributed by atoms with E-state index in [9.17, 15) is 4.79 Å². The summed E-state index contributed by atoms with van der Waals surface area (Å²) in [5, 5.41) is 8.22. The van der Waals surface area contributed by atoms with Gasteiger partial charge in [-0.2, -0.15) is 5.10 Å². The van der Waals surface area contributed by atoms with Gasteiger partial charge >= 0.3 is 0 Å². The molecule has 1 aromatic rings. The molecule has 24 heavy (non-hydrogen) atoms. The smallest absolute Gasteiger partial charge is 0.254 e. The summed E-state index contributed by atoms with van der Waals surface area (Å²) < 4.78 is 2.10. The van der Waals surface area contributed by atoms with Crippen LogP contribution in [0.1, 0.15) is 87.8 Å². The Bertz CT molecular complexity index is 597. The fourth-order valence-electron chi connectivity index (χ4n) is 4.60. The van der Waals surface area contributed by atoms with Crippen LogP contribution in [0.15, 0.2) is 0 Å². The van der Waals surface area contributed by atoms with Crippen molar-refractivity contribution >= 4 is 11.7 Å². The van der Waals surface area contributed by atoms with Crippen LogP contribution in [0.2, 0.25) is 0 Å². The second-order valence-corrected chi connectivity index (χ2v) is 8.27. The number of carbonyl (C=O) groups excluding carboxylic acids is 1. The average Bonchev–Trinajstić information content (AvgIpc) is 2.94. The predicted octanol–water partition coefficient (Wildman–Crippen LogP) is 3.92. The molecule has 0 radical (unpaired) electrons. The predicted molar refractivity (Wildman–Crippen MR) is 97.3 cm³/mol. The molecule has 134 valence electrons. The van der Waals surface area contributed by atoms with Crippen LogP contribution < -0.4 is 11.1 Å². The SMILES string of the molecule is CC(C)c1nn2c(c1C(N)=O)NCCC2C1CCC(C(C)C)CC1. The van der Waals surface area contributed by atoms with Crippen molar-refractivity contribution in [3.8, 4) is 0 Å².